The molecule has 1 aromatic heterocycles. The van der Waals surface area contributed by atoms with Crippen LogP contribution in [0.5, 0.6) is 0 Å². The number of nitrogens with one attached hydrogen (secondary N) is 2. The van der Waals surface area contributed by atoms with Crippen LogP contribution in [-0.4, -0.2) is 33.7 Å². The van der Waals surface area contributed by atoms with Crippen molar-refractivity contribution in [2.75, 3.05) is 5.32 Å². The molecule has 1 atom stereocenters. The Hall–Kier alpha value is -3.81. The highest BCUT2D eigenvalue weighted by Gasteiger charge is 2.20. The Morgan fingerprint density at radius 1 is 1.04 bits per heavy atom. The standard InChI is InChI=1S/C20H19N5O3/c1-12(26)23-14-8-6-13(7-9-14)20(28)25-18(19(21)27)10-15-11-22-16-4-2-3-5-17(16)24-15/h2-9,11,18H,10H2,1H3,(H2,21,27)(H,23,26)(H,25,28)/t18-/m1/s1. The molecule has 0 unspecified atom stereocenters. The molecule has 0 saturated heterocycles. The zero-order valence-electron chi connectivity index (χ0n) is 15.2. The van der Waals surface area contributed by atoms with Crippen LogP contribution < -0.4 is 16.4 Å². The number of primary amides is 1. The molecule has 28 heavy (non-hydrogen) atoms. The second-order valence-electron chi connectivity index (χ2n) is 6.24. The summed E-state index contributed by atoms with van der Waals surface area (Å²) in [7, 11) is 0. The first kappa shape index (κ1) is 19.0. The zero-order chi connectivity index (χ0) is 20.1. The SMILES string of the molecule is CC(=O)Nc1ccc(C(=O)N[C@H](Cc2cnc3ccccc3n2)C(N)=O)cc1. The number of nitrogens with zero attached hydrogens (tertiary/aromatic N) is 2. The summed E-state index contributed by atoms with van der Waals surface area (Å²) in [6.45, 7) is 1.40. The van der Waals surface area contributed by atoms with E-state index in [0.29, 0.717) is 22.5 Å². The molecule has 3 amide bonds. The predicted octanol–water partition coefficient (Wildman–Crippen LogP) is 1.41. The summed E-state index contributed by atoms with van der Waals surface area (Å²) >= 11 is 0. The van der Waals surface area contributed by atoms with Crippen LogP contribution in [-0.2, 0) is 16.0 Å². The lowest BCUT2D eigenvalue weighted by Gasteiger charge is -2.15. The predicted molar refractivity (Wildman–Crippen MR) is 104 cm³/mol. The summed E-state index contributed by atoms with van der Waals surface area (Å²) in [5.41, 5.74) is 8.35. The Bertz CT molecular complexity index is 1030. The molecule has 3 rings (SSSR count). The van der Waals surface area contributed by atoms with E-state index < -0.39 is 17.9 Å². The zero-order valence-corrected chi connectivity index (χ0v) is 15.2. The van der Waals surface area contributed by atoms with Crippen molar-refractivity contribution in [2.45, 2.75) is 19.4 Å². The molecule has 0 aliphatic heterocycles. The van der Waals surface area contributed by atoms with Crippen molar-refractivity contribution >= 4 is 34.4 Å². The van der Waals surface area contributed by atoms with Gasteiger partial charge in [-0.15, -0.1) is 0 Å². The number of rotatable bonds is 6. The maximum atomic E-state index is 12.5. The van der Waals surface area contributed by atoms with E-state index in [9.17, 15) is 14.4 Å². The quantitative estimate of drug-likeness (QED) is 0.599. The van der Waals surface area contributed by atoms with Crippen molar-refractivity contribution in [3.05, 3.63) is 66.0 Å². The number of fused-ring (bicyclic) bond motifs is 1. The summed E-state index contributed by atoms with van der Waals surface area (Å²) in [6, 6.07) is 12.7. The number of hydrogen-bond donors (Lipinski definition) is 3. The van der Waals surface area contributed by atoms with Crippen molar-refractivity contribution in [3.63, 3.8) is 0 Å². The highest BCUT2D eigenvalue weighted by molar-refractivity contribution is 5.98. The molecular weight excluding hydrogens is 358 g/mol. The highest BCUT2D eigenvalue weighted by atomic mass is 16.2. The van der Waals surface area contributed by atoms with Gasteiger partial charge in [-0.25, -0.2) is 4.98 Å². The van der Waals surface area contributed by atoms with Crippen LogP contribution in [0.1, 0.15) is 23.0 Å². The van der Waals surface area contributed by atoms with E-state index >= 15 is 0 Å². The molecule has 8 heteroatoms. The minimum Gasteiger partial charge on any atom is -0.368 e. The molecular formula is C20H19N5O3. The van der Waals surface area contributed by atoms with Gasteiger partial charge in [-0.1, -0.05) is 12.1 Å². The normalized spacial score (nSPS) is 11.6. The third-order valence-corrected chi connectivity index (χ3v) is 4.03. The van der Waals surface area contributed by atoms with Gasteiger partial charge in [-0.3, -0.25) is 19.4 Å². The molecule has 0 aliphatic carbocycles. The molecule has 4 N–H and O–H groups in total. The van der Waals surface area contributed by atoms with E-state index in [1.807, 2.05) is 24.3 Å². The first-order chi connectivity index (χ1) is 13.4. The number of carbonyl (C=O) groups excluding carboxylic acids is 3. The molecule has 1 heterocycles. The number of carbonyl (C=O) groups is 3. The third kappa shape index (κ3) is 4.67. The van der Waals surface area contributed by atoms with E-state index in [2.05, 4.69) is 20.6 Å². The largest absolute Gasteiger partial charge is 0.368 e. The number of nitrogens with two attached hydrogens (primary N) is 1. The molecule has 0 bridgehead atoms. The average molecular weight is 377 g/mol. The molecule has 2 aromatic carbocycles. The fourth-order valence-electron chi connectivity index (χ4n) is 2.68. The van der Waals surface area contributed by atoms with Gasteiger partial charge >= 0.3 is 0 Å². The smallest absolute Gasteiger partial charge is 0.251 e. The first-order valence-electron chi connectivity index (χ1n) is 8.61. The van der Waals surface area contributed by atoms with E-state index in [-0.39, 0.29) is 12.3 Å². The summed E-state index contributed by atoms with van der Waals surface area (Å²) < 4.78 is 0. The van der Waals surface area contributed by atoms with Crippen LogP contribution >= 0.6 is 0 Å². The topological polar surface area (TPSA) is 127 Å². The minimum atomic E-state index is -0.932. The molecule has 0 saturated carbocycles. The first-order valence-corrected chi connectivity index (χ1v) is 8.61. The van der Waals surface area contributed by atoms with Crippen LogP contribution in [0, 0.1) is 0 Å². The molecule has 0 spiro atoms. The number of benzene rings is 2. The number of aromatic nitrogens is 2. The monoisotopic (exact) mass is 377 g/mol. The Kier molecular flexibility index (Phi) is 5.59. The summed E-state index contributed by atoms with van der Waals surface area (Å²) in [5, 5.41) is 5.24. The van der Waals surface area contributed by atoms with E-state index in [4.69, 9.17) is 5.73 Å². The van der Waals surface area contributed by atoms with Crippen LogP contribution in [0.4, 0.5) is 5.69 Å². The minimum absolute atomic E-state index is 0.128. The van der Waals surface area contributed by atoms with E-state index in [0.717, 1.165) is 5.52 Å². The Balaban J connectivity index is 1.72. The Morgan fingerprint density at radius 2 is 1.71 bits per heavy atom. The summed E-state index contributed by atoms with van der Waals surface area (Å²) in [6.07, 6.45) is 1.69. The van der Waals surface area contributed by atoms with Crippen LogP contribution in [0.3, 0.4) is 0 Å². The molecule has 0 radical (unpaired) electrons. The fraction of sp³-hybridized carbons (Fsp3) is 0.150. The van der Waals surface area contributed by atoms with Crippen LogP contribution in [0.2, 0.25) is 0 Å². The second kappa shape index (κ2) is 8.26. The maximum Gasteiger partial charge on any atom is 0.251 e. The Labute approximate surface area is 161 Å². The van der Waals surface area contributed by atoms with E-state index in [1.165, 1.54) is 6.92 Å². The lowest BCUT2D eigenvalue weighted by molar-refractivity contribution is -0.119. The van der Waals surface area contributed by atoms with Gasteiger partial charge in [0.25, 0.3) is 5.91 Å². The van der Waals surface area contributed by atoms with Gasteiger partial charge in [-0.05, 0) is 36.4 Å². The fourth-order valence-corrected chi connectivity index (χ4v) is 2.68. The van der Waals surface area contributed by atoms with Gasteiger partial charge in [0.05, 0.1) is 16.7 Å². The van der Waals surface area contributed by atoms with Gasteiger partial charge in [0, 0.05) is 30.8 Å². The molecule has 0 aliphatic rings. The molecule has 3 aromatic rings. The molecule has 8 nitrogen and oxygen atoms in total. The number of amides is 3. The molecule has 142 valence electrons. The van der Waals surface area contributed by atoms with Gasteiger partial charge in [0.15, 0.2) is 0 Å². The van der Waals surface area contributed by atoms with Crippen molar-refractivity contribution in [3.8, 4) is 0 Å². The van der Waals surface area contributed by atoms with Crippen molar-refractivity contribution in [1.29, 1.82) is 0 Å². The Morgan fingerprint density at radius 3 is 2.36 bits per heavy atom. The average Bonchev–Trinajstić information content (AvgIpc) is 2.67. The van der Waals surface area contributed by atoms with Crippen LogP contribution in [0.25, 0.3) is 11.0 Å². The second-order valence-corrected chi connectivity index (χ2v) is 6.24. The molecule has 0 fully saturated rings. The van der Waals surface area contributed by atoms with E-state index in [1.54, 1.807) is 30.5 Å². The van der Waals surface area contributed by atoms with Gasteiger partial charge in [0.1, 0.15) is 6.04 Å². The van der Waals surface area contributed by atoms with Crippen molar-refractivity contribution in [1.82, 2.24) is 15.3 Å². The summed E-state index contributed by atoms with van der Waals surface area (Å²) in [5.74, 6) is -1.33. The number of hydrogen-bond acceptors (Lipinski definition) is 5. The summed E-state index contributed by atoms with van der Waals surface area (Å²) in [4.78, 5) is 44.1. The van der Waals surface area contributed by atoms with Crippen molar-refractivity contribution in [2.24, 2.45) is 5.73 Å². The lowest BCUT2D eigenvalue weighted by Crippen LogP contribution is -2.46. The highest BCUT2D eigenvalue weighted by Crippen LogP contribution is 2.12. The van der Waals surface area contributed by atoms with Crippen LogP contribution in [0.15, 0.2) is 54.7 Å². The van der Waals surface area contributed by atoms with Gasteiger partial charge in [0.2, 0.25) is 11.8 Å². The maximum absolute atomic E-state index is 12.5. The van der Waals surface area contributed by atoms with Gasteiger partial charge < -0.3 is 16.4 Å². The number of para-hydroxylation sites is 2. The number of anilines is 1. The van der Waals surface area contributed by atoms with Crippen molar-refractivity contribution < 1.29 is 14.4 Å². The van der Waals surface area contributed by atoms with Gasteiger partial charge in [-0.2, -0.15) is 0 Å². The third-order valence-electron chi connectivity index (χ3n) is 4.03. The lowest BCUT2D eigenvalue weighted by atomic mass is 10.1.